The molecule has 1 N–H and O–H groups in total. The summed E-state index contributed by atoms with van der Waals surface area (Å²) in [5.74, 6) is 0. The molecular weight excluding hydrogens is 324 g/mol. The van der Waals surface area contributed by atoms with Gasteiger partial charge in [0.2, 0.25) is 0 Å². The number of nitro benzene ring substituents is 1. The molecule has 0 aliphatic heterocycles. The van der Waals surface area contributed by atoms with Gasteiger partial charge in [0.1, 0.15) is 0 Å². The molecule has 2 rings (SSSR count). The number of nitro groups is 1. The standard InChI is InChI=1S/C13H15BrN4O2/c1-2-15-6-10-7-16-17(8-10)9-11-3-4-12(18(19)20)5-13(11)14/h3-5,7-8,15H,2,6,9H2,1H3. The molecule has 0 saturated carbocycles. The van der Waals surface area contributed by atoms with E-state index < -0.39 is 4.92 Å². The number of hydrogen-bond acceptors (Lipinski definition) is 4. The number of rotatable bonds is 6. The van der Waals surface area contributed by atoms with Crippen molar-refractivity contribution < 1.29 is 4.92 Å². The fourth-order valence-electron chi connectivity index (χ4n) is 1.81. The first-order valence-electron chi connectivity index (χ1n) is 6.25. The highest BCUT2D eigenvalue weighted by molar-refractivity contribution is 9.10. The molecule has 0 bridgehead atoms. The summed E-state index contributed by atoms with van der Waals surface area (Å²) >= 11 is 3.36. The van der Waals surface area contributed by atoms with Crippen molar-refractivity contribution >= 4 is 21.6 Å². The number of non-ortho nitro benzene ring substituents is 1. The summed E-state index contributed by atoms with van der Waals surface area (Å²) in [6.45, 7) is 4.33. The van der Waals surface area contributed by atoms with E-state index in [-0.39, 0.29) is 5.69 Å². The fourth-order valence-corrected chi connectivity index (χ4v) is 2.30. The van der Waals surface area contributed by atoms with Gasteiger partial charge >= 0.3 is 0 Å². The number of hydrogen-bond donors (Lipinski definition) is 1. The van der Waals surface area contributed by atoms with Crippen LogP contribution in [0.25, 0.3) is 0 Å². The highest BCUT2D eigenvalue weighted by Crippen LogP contribution is 2.23. The highest BCUT2D eigenvalue weighted by Gasteiger charge is 2.09. The molecule has 0 unspecified atom stereocenters. The predicted octanol–water partition coefficient (Wildman–Crippen LogP) is 2.71. The first-order chi connectivity index (χ1) is 9.60. The van der Waals surface area contributed by atoms with Crippen LogP contribution in [0.2, 0.25) is 0 Å². The van der Waals surface area contributed by atoms with Gasteiger partial charge in [-0.15, -0.1) is 0 Å². The maximum Gasteiger partial charge on any atom is 0.270 e. The van der Waals surface area contributed by atoms with Gasteiger partial charge in [0.15, 0.2) is 0 Å². The molecule has 0 amide bonds. The summed E-state index contributed by atoms with van der Waals surface area (Å²) in [6, 6.07) is 4.76. The van der Waals surface area contributed by atoms with Crippen LogP contribution in [0.5, 0.6) is 0 Å². The lowest BCUT2D eigenvalue weighted by Crippen LogP contribution is -2.11. The zero-order valence-corrected chi connectivity index (χ0v) is 12.6. The molecule has 1 aromatic heterocycles. The van der Waals surface area contributed by atoms with E-state index in [0.29, 0.717) is 6.54 Å². The van der Waals surface area contributed by atoms with Crippen molar-refractivity contribution in [2.45, 2.75) is 20.0 Å². The molecule has 0 radical (unpaired) electrons. The second kappa shape index (κ2) is 6.62. The topological polar surface area (TPSA) is 73.0 Å². The molecule has 0 spiro atoms. The van der Waals surface area contributed by atoms with Crippen LogP contribution in [0.3, 0.4) is 0 Å². The summed E-state index contributed by atoms with van der Waals surface area (Å²) in [7, 11) is 0. The second-order valence-corrected chi connectivity index (χ2v) is 5.21. The van der Waals surface area contributed by atoms with Gasteiger partial charge in [0, 0.05) is 34.9 Å². The molecule has 7 heteroatoms. The summed E-state index contributed by atoms with van der Waals surface area (Å²) < 4.78 is 2.54. The highest BCUT2D eigenvalue weighted by atomic mass is 79.9. The molecule has 1 aromatic carbocycles. The van der Waals surface area contributed by atoms with E-state index in [0.717, 1.165) is 28.7 Å². The smallest absolute Gasteiger partial charge is 0.270 e. The molecule has 1 heterocycles. The number of aromatic nitrogens is 2. The van der Waals surface area contributed by atoms with Gasteiger partial charge in [0.05, 0.1) is 17.7 Å². The SMILES string of the molecule is CCNCc1cnn(Cc2ccc([N+](=O)[O-])cc2Br)c1. The summed E-state index contributed by atoms with van der Waals surface area (Å²) in [4.78, 5) is 10.3. The Morgan fingerprint density at radius 3 is 2.95 bits per heavy atom. The Kier molecular flexibility index (Phi) is 4.86. The van der Waals surface area contributed by atoms with Crippen LogP contribution < -0.4 is 5.32 Å². The third-order valence-corrected chi connectivity index (χ3v) is 3.58. The van der Waals surface area contributed by atoms with Crippen molar-refractivity contribution in [2.75, 3.05) is 6.54 Å². The number of halogens is 1. The van der Waals surface area contributed by atoms with Gasteiger partial charge < -0.3 is 5.32 Å². The van der Waals surface area contributed by atoms with E-state index in [2.05, 4.69) is 33.3 Å². The average Bonchev–Trinajstić information content (AvgIpc) is 2.86. The lowest BCUT2D eigenvalue weighted by atomic mass is 10.2. The molecule has 2 aromatic rings. The Labute approximate surface area is 125 Å². The minimum atomic E-state index is -0.406. The molecule has 0 fully saturated rings. The molecule has 6 nitrogen and oxygen atoms in total. The van der Waals surface area contributed by atoms with Crippen LogP contribution in [0.15, 0.2) is 35.1 Å². The van der Waals surface area contributed by atoms with Gasteiger partial charge in [-0.3, -0.25) is 14.8 Å². The Hall–Kier alpha value is -1.73. The maximum atomic E-state index is 10.7. The van der Waals surface area contributed by atoms with Crippen molar-refractivity contribution in [3.8, 4) is 0 Å². The van der Waals surface area contributed by atoms with Gasteiger partial charge in [-0.2, -0.15) is 5.10 Å². The van der Waals surface area contributed by atoms with Gasteiger partial charge in [0.25, 0.3) is 5.69 Å². The van der Waals surface area contributed by atoms with Crippen LogP contribution in [0, 0.1) is 10.1 Å². The molecule has 20 heavy (non-hydrogen) atoms. The normalized spacial score (nSPS) is 10.7. The second-order valence-electron chi connectivity index (χ2n) is 4.36. The van der Waals surface area contributed by atoms with E-state index in [1.807, 2.05) is 17.1 Å². The predicted molar refractivity (Wildman–Crippen MR) is 79.5 cm³/mol. The van der Waals surface area contributed by atoms with Gasteiger partial charge in [-0.25, -0.2) is 0 Å². The first kappa shape index (κ1) is 14.7. The van der Waals surface area contributed by atoms with Crippen LogP contribution >= 0.6 is 15.9 Å². The fraction of sp³-hybridized carbons (Fsp3) is 0.308. The molecule has 106 valence electrons. The van der Waals surface area contributed by atoms with Crippen LogP contribution in [0.1, 0.15) is 18.1 Å². The molecule has 0 aliphatic carbocycles. The van der Waals surface area contributed by atoms with Crippen LogP contribution in [0.4, 0.5) is 5.69 Å². The van der Waals surface area contributed by atoms with E-state index in [9.17, 15) is 10.1 Å². The third-order valence-electron chi connectivity index (χ3n) is 2.85. The third kappa shape index (κ3) is 3.64. The van der Waals surface area contributed by atoms with Crippen molar-refractivity contribution in [1.29, 1.82) is 0 Å². The van der Waals surface area contributed by atoms with Gasteiger partial charge in [-0.1, -0.05) is 22.9 Å². The van der Waals surface area contributed by atoms with Crippen LogP contribution in [-0.2, 0) is 13.1 Å². The first-order valence-corrected chi connectivity index (χ1v) is 7.04. The van der Waals surface area contributed by atoms with Gasteiger partial charge in [-0.05, 0) is 18.2 Å². The Morgan fingerprint density at radius 2 is 2.30 bits per heavy atom. The quantitative estimate of drug-likeness (QED) is 0.649. The average molecular weight is 339 g/mol. The molecule has 0 atom stereocenters. The summed E-state index contributed by atoms with van der Waals surface area (Å²) in [5.41, 5.74) is 2.15. The zero-order chi connectivity index (χ0) is 14.5. The van der Waals surface area contributed by atoms with E-state index in [4.69, 9.17) is 0 Å². The Bertz CT molecular complexity index is 612. The molecular formula is C13H15BrN4O2. The van der Waals surface area contributed by atoms with Crippen molar-refractivity contribution in [3.05, 3.63) is 56.3 Å². The number of nitrogens with one attached hydrogen (secondary N) is 1. The number of nitrogens with zero attached hydrogens (tertiary/aromatic N) is 3. The number of benzene rings is 1. The molecule has 0 saturated heterocycles. The van der Waals surface area contributed by atoms with E-state index >= 15 is 0 Å². The Balaban J connectivity index is 2.09. The maximum absolute atomic E-state index is 10.7. The van der Waals surface area contributed by atoms with Crippen molar-refractivity contribution in [1.82, 2.24) is 15.1 Å². The lowest BCUT2D eigenvalue weighted by Gasteiger charge is -2.04. The molecule has 0 aliphatic rings. The lowest BCUT2D eigenvalue weighted by molar-refractivity contribution is -0.384. The monoisotopic (exact) mass is 338 g/mol. The van der Waals surface area contributed by atoms with E-state index in [1.165, 1.54) is 12.1 Å². The van der Waals surface area contributed by atoms with Crippen molar-refractivity contribution in [2.24, 2.45) is 0 Å². The largest absolute Gasteiger partial charge is 0.313 e. The van der Waals surface area contributed by atoms with Crippen molar-refractivity contribution in [3.63, 3.8) is 0 Å². The minimum Gasteiger partial charge on any atom is -0.313 e. The van der Waals surface area contributed by atoms with Crippen LogP contribution in [-0.4, -0.2) is 21.2 Å². The minimum absolute atomic E-state index is 0.0777. The van der Waals surface area contributed by atoms with E-state index in [1.54, 1.807) is 6.07 Å². The Morgan fingerprint density at radius 1 is 1.50 bits per heavy atom. The zero-order valence-electron chi connectivity index (χ0n) is 11.0. The summed E-state index contributed by atoms with van der Waals surface area (Å²) in [5, 5.41) is 18.2. The summed E-state index contributed by atoms with van der Waals surface area (Å²) in [6.07, 6.45) is 3.79.